The van der Waals surface area contributed by atoms with E-state index >= 15 is 0 Å². The molecule has 2 aromatic heterocycles. The molecule has 0 aliphatic carbocycles. The van der Waals surface area contributed by atoms with Crippen LogP contribution in [0.25, 0.3) is 5.82 Å². The Morgan fingerprint density at radius 3 is 2.71 bits per heavy atom. The Bertz CT molecular complexity index is 724. The molecule has 106 valence electrons. The summed E-state index contributed by atoms with van der Waals surface area (Å²) in [7, 11) is 0. The summed E-state index contributed by atoms with van der Waals surface area (Å²) in [5, 5.41) is 8.53. The highest BCUT2D eigenvalue weighted by Gasteiger charge is 2.04. The fraction of sp³-hybridized carbons (Fsp3) is 0.0667. The van der Waals surface area contributed by atoms with Gasteiger partial charge in [-0.05, 0) is 29.8 Å². The van der Waals surface area contributed by atoms with Gasteiger partial charge >= 0.3 is 0 Å². The van der Waals surface area contributed by atoms with Crippen molar-refractivity contribution in [1.29, 1.82) is 0 Å². The molecule has 0 saturated carbocycles. The second-order valence-electron chi connectivity index (χ2n) is 4.42. The first-order chi connectivity index (χ1) is 10.2. The highest BCUT2D eigenvalue weighted by Crippen LogP contribution is 2.26. The summed E-state index contributed by atoms with van der Waals surface area (Å²) in [5.74, 6) is 0.770. The van der Waals surface area contributed by atoms with Gasteiger partial charge in [0.2, 0.25) is 0 Å². The molecule has 3 aromatic rings. The van der Waals surface area contributed by atoms with Crippen molar-refractivity contribution in [3.8, 4) is 5.82 Å². The molecule has 2 heterocycles. The van der Waals surface area contributed by atoms with Crippen LogP contribution in [0.2, 0.25) is 10.0 Å². The van der Waals surface area contributed by atoms with Crippen LogP contribution in [0.5, 0.6) is 0 Å². The lowest BCUT2D eigenvalue weighted by molar-refractivity contribution is 0.847. The number of anilines is 1. The molecule has 0 unspecified atom stereocenters. The van der Waals surface area contributed by atoms with Crippen LogP contribution in [0.3, 0.4) is 0 Å². The Morgan fingerprint density at radius 2 is 2.00 bits per heavy atom. The molecule has 3 rings (SSSR count). The van der Waals surface area contributed by atoms with Gasteiger partial charge in [-0.3, -0.25) is 0 Å². The smallest absolute Gasteiger partial charge is 0.153 e. The van der Waals surface area contributed by atoms with E-state index in [9.17, 15) is 0 Å². The molecule has 0 atom stereocenters. The van der Waals surface area contributed by atoms with Gasteiger partial charge in [0.1, 0.15) is 0 Å². The number of nitrogens with zero attached hydrogens (tertiary/aromatic N) is 3. The number of rotatable bonds is 4. The zero-order valence-electron chi connectivity index (χ0n) is 11.0. The maximum absolute atomic E-state index is 6.15. The number of nitrogens with one attached hydrogen (secondary N) is 1. The molecule has 0 fully saturated rings. The Kier molecular flexibility index (Phi) is 4.08. The Balaban J connectivity index is 1.70. The lowest BCUT2D eigenvalue weighted by Gasteiger charge is -2.09. The van der Waals surface area contributed by atoms with E-state index < -0.39 is 0 Å². The lowest BCUT2D eigenvalue weighted by atomic mass is 10.2. The fourth-order valence-electron chi connectivity index (χ4n) is 1.91. The largest absolute Gasteiger partial charge is 0.380 e. The Hall–Kier alpha value is -2.04. The van der Waals surface area contributed by atoms with Gasteiger partial charge in [-0.1, -0.05) is 35.3 Å². The predicted octanol–water partition coefficient (Wildman–Crippen LogP) is 4.19. The van der Waals surface area contributed by atoms with E-state index in [1.807, 2.05) is 36.5 Å². The summed E-state index contributed by atoms with van der Waals surface area (Å²) in [6, 6.07) is 11.3. The lowest BCUT2D eigenvalue weighted by Crippen LogP contribution is -2.02. The van der Waals surface area contributed by atoms with Crippen molar-refractivity contribution < 1.29 is 0 Å². The summed E-state index contributed by atoms with van der Waals surface area (Å²) in [4.78, 5) is 4.35. The molecule has 4 nitrogen and oxygen atoms in total. The first-order valence-electron chi connectivity index (χ1n) is 6.37. The van der Waals surface area contributed by atoms with Crippen molar-refractivity contribution in [3.05, 3.63) is 70.6 Å². The van der Waals surface area contributed by atoms with Gasteiger partial charge in [-0.2, -0.15) is 5.10 Å². The van der Waals surface area contributed by atoms with Crippen molar-refractivity contribution >= 4 is 28.9 Å². The van der Waals surface area contributed by atoms with Crippen LogP contribution in [0.15, 0.2) is 55.0 Å². The highest BCUT2D eigenvalue weighted by atomic mass is 35.5. The summed E-state index contributed by atoms with van der Waals surface area (Å²) < 4.78 is 1.71. The third kappa shape index (κ3) is 3.17. The van der Waals surface area contributed by atoms with Crippen molar-refractivity contribution in [2.24, 2.45) is 0 Å². The average Bonchev–Trinajstić information content (AvgIpc) is 3.04. The number of pyridine rings is 1. The zero-order chi connectivity index (χ0) is 14.7. The molecule has 0 aliphatic rings. The molecule has 1 aromatic carbocycles. The quantitative estimate of drug-likeness (QED) is 0.784. The van der Waals surface area contributed by atoms with Crippen LogP contribution >= 0.6 is 23.2 Å². The monoisotopic (exact) mass is 318 g/mol. The minimum absolute atomic E-state index is 0.558. The van der Waals surface area contributed by atoms with Gasteiger partial charge in [-0.15, -0.1) is 0 Å². The van der Waals surface area contributed by atoms with Gasteiger partial charge < -0.3 is 5.32 Å². The summed E-state index contributed by atoms with van der Waals surface area (Å²) in [5.41, 5.74) is 1.85. The SMILES string of the molecule is Clc1cccc(CNc2ccc(-n3cccn3)nc2)c1Cl. The van der Waals surface area contributed by atoms with Crippen molar-refractivity contribution in [2.75, 3.05) is 5.32 Å². The first-order valence-corrected chi connectivity index (χ1v) is 7.12. The molecule has 1 N–H and O–H groups in total. The van der Waals surface area contributed by atoms with Gasteiger partial charge in [0.05, 0.1) is 21.9 Å². The van der Waals surface area contributed by atoms with E-state index in [4.69, 9.17) is 23.2 Å². The van der Waals surface area contributed by atoms with Gasteiger partial charge in [0.15, 0.2) is 5.82 Å². The van der Waals surface area contributed by atoms with Crippen LogP contribution in [-0.4, -0.2) is 14.8 Å². The standard InChI is InChI=1S/C15H12Cl2N4/c16-13-4-1-3-11(15(13)17)9-18-12-5-6-14(19-10-12)21-8-2-7-20-21/h1-8,10,18H,9H2. The topological polar surface area (TPSA) is 42.7 Å². The predicted molar refractivity (Wildman–Crippen MR) is 85.1 cm³/mol. The molecule has 0 bridgehead atoms. The van der Waals surface area contributed by atoms with Crippen molar-refractivity contribution in [3.63, 3.8) is 0 Å². The average molecular weight is 319 g/mol. The number of hydrogen-bond acceptors (Lipinski definition) is 3. The third-order valence-corrected chi connectivity index (χ3v) is 3.86. The number of benzene rings is 1. The van der Waals surface area contributed by atoms with E-state index in [0.29, 0.717) is 16.6 Å². The molecule has 0 spiro atoms. The normalized spacial score (nSPS) is 10.6. The van der Waals surface area contributed by atoms with E-state index in [2.05, 4.69) is 15.4 Å². The molecular weight excluding hydrogens is 307 g/mol. The maximum Gasteiger partial charge on any atom is 0.153 e. The van der Waals surface area contributed by atoms with Gasteiger partial charge in [-0.25, -0.2) is 9.67 Å². The molecule has 0 aliphatic heterocycles. The molecule has 21 heavy (non-hydrogen) atoms. The minimum Gasteiger partial charge on any atom is -0.380 e. The molecular formula is C15H12Cl2N4. The van der Waals surface area contributed by atoms with Crippen molar-refractivity contribution in [1.82, 2.24) is 14.8 Å². The molecule has 6 heteroatoms. The molecule has 0 amide bonds. The number of halogens is 2. The third-order valence-electron chi connectivity index (χ3n) is 3.00. The molecule has 0 saturated heterocycles. The fourth-order valence-corrected chi connectivity index (χ4v) is 2.30. The molecule has 0 radical (unpaired) electrons. The Labute approximate surface area is 132 Å². The Morgan fingerprint density at radius 1 is 1.10 bits per heavy atom. The highest BCUT2D eigenvalue weighted by molar-refractivity contribution is 6.42. The van der Waals surface area contributed by atoms with Crippen LogP contribution in [0.1, 0.15) is 5.56 Å². The number of hydrogen-bond donors (Lipinski definition) is 1. The second kappa shape index (κ2) is 6.16. The van der Waals surface area contributed by atoms with Crippen LogP contribution < -0.4 is 5.32 Å². The summed E-state index contributed by atoms with van der Waals surface area (Å²) in [6.45, 7) is 0.586. The van der Waals surface area contributed by atoms with E-state index in [-0.39, 0.29) is 0 Å². The van der Waals surface area contributed by atoms with Gasteiger partial charge in [0, 0.05) is 18.9 Å². The van der Waals surface area contributed by atoms with Gasteiger partial charge in [0.25, 0.3) is 0 Å². The first kappa shape index (κ1) is 13.9. The van der Waals surface area contributed by atoms with E-state index in [1.54, 1.807) is 23.1 Å². The van der Waals surface area contributed by atoms with Crippen LogP contribution in [0.4, 0.5) is 5.69 Å². The zero-order valence-corrected chi connectivity index (χ0v) is 12.5. The van der Waals surface area contributed by atoms with Crippen LogP contribution in [0, 0.1) is 0 Å². The minimum atomic E-state index is 0.558. The van der Waals surface area contributed by atoms with E-state index in [1.165, 1.54) is 0 Å². The van der Waals surface area contributed by atoms with Crippen LogP contribution in [-0.2, 0) is 6.54 Å². The summed E-state index contributed by atoms with van der Waals surface area (Å²) in [6.07, 6.45) is 5.33. The second-order valence-corrected chi connectivity index (χ2v) is 5.21. The van der Waals surface area contributed by atoms with Crippen molar-refractivity contribution in [2.45, 2.75) is 6.54 Å². The number of aromatic nitrogens is 3. The summed E-state index contributed by atoms with van der Waals surface area (Å²) >= 11 is 12.1. The van der Waals surface area contributed by atoms with E-state index in [0.717, 1.165) is 17.1 Å². The maximum atomic E-state index is 6.15.